The molecular formula is C24H38N2O3S. The minimum Gasteiger partial charge on any atom is -0.507 e. The number of aromatic hydroxyl groups is 1. The number of benzene rings is 1. The molecule has 1 aromatic carbocycles. The van der Waals surface area contributed by atoms with E-state index in [1.807, 2.05) is 18.2 Å². The van der Waals surface area contributed by atoms with Crippen LogP contribution in [0.1, 0.15) is 70.6 Å². The highest BCUT2D eigenvalue weighted by molar-refractivity contribution is 7.99. The van der Waals surface area contributed by atoms with Gasteiger partial charge in [0.05, 0.1) is 0 Å². The quantitative estimate of drug-likeness (QED) is 0.145. The summed E-state index contributed by atoms with van der Waals surface area (Å²) in [5, 5.41) is 14.6. The molecule has 1 rings (SSSR count). The highest BCUT2D eigenvalue weighted by Crippen LogP contribution is 2.28. The molecule has 0 aromatic heterocycles. The average molecular weight is 435 g/mol. The van der Waals surface area contributed by atoms with Crippen LogP contribution in [0, 0.1) is 0 Å². The van der Waals surface area contributed by atoms with Gasteiger partial charge in [-0.3, -0.25) is 9.59 Å². The van der Waals surface area contributed by atoms with Crippen molar-refractivity contribution < 1.29 is 14.7 Å². The Labute approximate surface area is 186 Å². The standard InChI is InChI=1S/C24H38N2O3S/c1-25-23(28)24(29)26-19-15-11-9-7-5-3-2-4-6-8-10-12-16-20-30-22-18-14-13-17-21(22)27/h5,7,13-14,17-18,27H,2-4,6,8-12,15-16,19-20H2,1H3,(H,25,28)(H,26,29)/b7-5-. The fourth-order valence-corrected chi connectivity index (χ4v) is 3.99. The molecule has 0 aliphatic rings. The summed E-state index contributed by atoms with van der Waals surface area (Å²) in [5.41, 5.74) is 0. The molecule has 0 bridgehead atoms. The first kappa shape index (κ1) is 26.1. The minimum atomic E-state index is -0.585. The first-order chi connectivity index (χ1) is 14.6. The molecule has 0 atom stereocenters. The number of thioether (sulfide) groups is 1. The number of phenolic OH excluding ortho intramolecular Hbond substituents is 1. The molecule has 0 aliphatic heterocycles. The van der Waals surface area contributed by atoms with E-state index in [-0.39, 0.29) is 0 Å². The summed E-state index contributed by atoms with van der Waals surface area (Å²) in [6.45, 7) is 0.549. The van der Waals surface area contributed by atoms with Gasteiger partial charge < -0.3 is 15.7 Å². The molecule has 0 spiro atoms. The normalized spacial score (nSPS) is 11.0. The lowest BCUT2D eigenvalue weighted by Gasteiger charge is -2.04. The largest absolute Gasteiger partial charge is 0.507 e. The van der Waals surface area contributed by atoms with E-state index in [1.165, 1.54) is 52.0 Å². The second kappa shape index (κ2) is 17.9. The number of hydrogen-bond donors (Lipinski definition) is 3. The van der Waals surface area contributed by atoms with Crippen molar-refractivity contribution in [3.8, 4) is 5.75 Å². The molecular weight excluding hydrogens is 396 g/mol. The molecule has 0 saturated heterocycles. The van der Waals surface area contributed by atoms with E-state index in [9.17, 15) is 14.7 Å². The molecule has 2 amide bonds. The third-order valence-electron chi connectivity index (χ3n) is 4.82. The van der Waals surface area contributed by atoms with Crippen LogP contribution in [0.25, 0.3) is 0 Å². The Morgan fingerprint density at radius 2 is 1.47 bits per heavy atom. The van der Waals surface area contributed by atoms with Gasteiger partial charge in [-0.05, 0) is 56.4 Å². The molecule has 0 saturated carbocycles. The maximum absolute atomic E-state index is 11.2. The van der Waals surface area contributed by atoms with Crippen molar-refractivity contribution in [2.24, 2.45) is 0 Å². The fourth-order valence-electron chi connectivity index (χ4n) is 3.03. The fraction of sp³-hybridized carbons (Fsp3) is 0.583. The van der Waals surface area contributed by atoms with Gasteiger partial charge in [-0.15, -0.1) is 11.8 Å². The maximum atomic E-state index is 11.2. The van der Waals surface area contributed by atoms with Gasteiger partial charge in [-0.25, -0.2) is 0 Å². The van der Waals surface area contributed by atoms with Crippen LogP contribution in [-0.2, 0) is 9.59 Å². The summed E-state index contributed by atoms with van der Waals surface area (Å²) < 4.78 is 0. The van der Waals surface area contributed by atoms with Crippen LogP contribution >= 0.6 is 11.8 Å². The van der Waals surface area contributed by atoms with E-state index >= 15 is 0 Å². The van der Waals surface area contributed by atoms with Gasteiger partial charge in [0, 0.05) is 18.5 Å². The molecule has 0 aliphatic carbocycles. The minimum absolute atomic E-state index is 0.392. The van der Waals surface area contributed by atoms with Crippen LogP contribution in [0.2, 0.25) is 0 Å². The Morgan fingerprint density at radius 1 is 0.867 bits per heavy atom. The van der Waals surface area contributed by atoms with Crippen molar-refractivity contribution in [1.29, 1.82) is 0 Å². The number of amides is 2. The summed E-state index contributed by atoms with van der Waals surface area (Å²) in [6, 6.07) is 7.55. The predicted molar refractivity (Wildman–Crippen MR) is 126 cm³/mol. The number of nitrogens with one attached hydrogen (secondary N) is 2. The Balaban J connectivity index is 1.81. The van der Waals surface area contributed by atoms with Gasteiger partial charge in [0.2, 0.25) is 0 Å². The monoisotopic (exact) mass is 434 g/mol. The molecule has 30 heavy (non-hydrogen) atoms. The topological polar surface area (TPSA) is 78.4 Å². The third-order valence-corrected chi connectivity index (χ3v) is 5.97. The van der Waals surface area contributed by atoms with Crippen LogP contribution in [0.3, 0.4) is 0 Å². The highest BCUT2D eigenvalue weighted by atomic mass is 32.2. The van der Waals surface area contributed by atoms with Crippen LogP contribution in [0.5, 0.6) is 5.75 Å². The molecule has 6 heteroatoms. The number of allylic oxidation sites excluding steroid dienone is 2. The lowest BCUT2D eigenvalue weighted by Crippen LogP contribution is -2.38. The summed E-state index contributed by atoms with van der Waals surface area (Å²) >= 11 is 1.74. The third kappa shape index (κ3) is 13.3. The van der Waals surface area contributed by atoms with Crippen LogP contribution in [0.15, 0.2) is 41.3 Å². The molecule has 1 aromatic rings. The zero-order chi connectivity index (χ0) is 21.9. The first-order valence-corrected chi connectivity index (χ1v) is 12.2. The number of rotatable bonds is 16. The number of likely N-dealkylation sites (N-methyl/N-ethyl adjacent to an activating group) is 1. The second-order valence-corrected chi connectivity index (χ2v) is 8.52. The highest BCUT2D eigenvalue weighted by Gasteiger charge is 2.08. The zero-order valence-corrected chi connectivity index (χ0v) is 19.1. The van der Waals surface area contributed by atoms with Crippen molar-refractivity contribution in [3.63, 3.8) is 0 Å². The summed E-state index contributed by atoms with van der Waals surface area (Å²) in [6.07, 6.45) is 17.5. The van der Waals surface area contributed by atoms with Crippen molar-refractivity contribution in [2.75, 3.05) is 19.3 Å². The van der Waals surface area contributed by atoms with E-state index in [1.54, 1.807) is 17.8 Å². The smallest absolute Gasteiger partial charge is 0.309 e. The molecule has 0 heterocycles. The molecule has 5 nitrogen and oxygen atoms in total. The Hall–Kier alpha value is -1.95. The van der Waals surface area contributed by atoms with Crippen molar-refractivity contribution in [2.45, 2.75) is 75.5 Å². The first-order valence-electron chi connectivity index (χ1n) is 11.2. The van der Waals surface area contributed by atoms with Crippen LogP contribution in [0.4, 0.5) is 0 Å². The SMILES string of the molecule is CNC(=O)C(=O)NCCCC/C=C\CCCCCCCCCSc1ccccc1O. The Bertz CT molecular complexity index is 635. The van der Waals surface area contributed by atoms with Gasteiger partial charge in [0.25, 0.3) is 0 Å². The van der Waals surface area contributed by atoms with E-state index in [4.69, 9.17) is 0 Å². The zero-order valence-electron chi connectivity index (χ0n) is 18.3. The van der Waals surface area contributed by atoms with Gasteiger partial charge in [0.15, 0.2) is 0 Å². The number of para-hydroxylation sites is 1. The van der Waals surface area contributed by atoms with E-state index < -0.39 is 11.8 Å². The summed E-state index contributed by atoms with van der Waals surface area (Å²) in [7, 11) is 1.45. The summed E-state index contributed by atoms with van der Waals surface area (Å²) in [4.78, 5) is 23.2. The van der Waals surface area contributed by atoms with Gasteiger partial charge in [-0.1, -0.05) is 56.4 Å². The molecule has 3 N–H and O–H groups in total. The predicted octanol–water partition coefficient (Wildman–Crippen LogP) is 5.19. The molecule has 168 valence electrons. The lowest BCUT2D eigenvalue weighted by molar-refractivity contribution is -0.138. The second-order valence-electron chi connectivity index (χ2n) is 7.38. The van der Waals surface area contributed by atoms with Crippen molar-refractivity contribution in [1.82, 2.24) is 10.6 Å². The molecule has 0 fully saturated rings. The molecule has 0 radical (unpaired) electrons. The lowest BCUT2D eigenvalue weighted by atomic mass is 10.1. The number of phenols is 1. The Morgan fingerprint density at radius 3 is 2.13 bits per heavy atom. The van der Waals surface area contributed by atoms with E-state index in [0.29, 0.717) is 12.3 Å². The average Bonchev–Trinajstić information content (AvgIpc) is 2.76. The molecule has 0 unspecified atom stereocenters. The van der Waals surface area contributed by atoms with Gasteiger partial charge >= 0.3 is 11.8 Å². The van der Waals surface area contributed by atoms with Crippen LogP contribution < -0.4 is 10.6 Å². The maximum Gasteiger partial charge on any atom is 0.309 e. The van der Waals surface area contributed by atoms with Crippen LogP contribution in [-0.4, -0.2) is 36.3 Å². The summed E-state index contributed by atoms with van der Waals surface area (Å²) in [5.74, 6) is 0.323. The number of unbranched alkanes of at least 4 members (excludes halogenated alkanes) is 9. The Kier molecular flexibility index (Phi) is 15.5. The van der Waals surface area contributed by atoms with Crippen molar-refractivity contribution >= 4 is 23.6 Å². The van der Waals surface area contributed by atoms with Crippen molar-refractivity contribution in [3.05, 3.63) is 36.4 Å². The van der Waals surface area contributed by atoms with Gasteiger partial charge in [-0.2, -0.15) is 0 Å². The number of carbonyl (C=O) groups is 2. The van der Waals surface area contributed by atoms with E-state index in [2.05, 4.69) is 22.8 Å². The van der Waals surface area contributed by atoms with Gasteiger partial charge in [0.1, 0.15) is 5.75 Å². The number of hydrogen-bond acceptors (Lipinski definition) is 4. The van der Waals surface area contributed by atoms with E-state index in [0.717, 1.165) is 36.3 Å². The number of carbonyl (C=O) groups excluding carboxylic acids is 2.